The van der Waals surface area contributed by atoms with Gasteiger partial charge in [0, 0.05) is 0 Å². The van der Waals surface area contributed by atoms with E-state index in [0.29, 0.717) is 10.8 Å². The molecule has 2 N–H and O–H groups in total. The van der Waals surface area contributed by atoms with Crippen LogP contribution in [0.1, 0.15) is 10.4 Å². The normalized spacial score (nSPS) is 11.8. The molecule has 3 aromatic rings. The molecule has 0 radical (unpaired) electrons. The molecule has 0 amide bonds. The Morgan fingerprint density at radius 2 is 1.64 bits per heavy atom. The fourth-order valence-corrected chi connectivity index (χ4v) is 3.65. The van der Waals surface area contributed by atoms with Gasteiger partial charge in [0.1, 0.15) is 0 Å². The number of esters is 1. The number of ether oxygens (including phenoxy) is 1. The molecule has 0 fully saturated rings. The Labute approximate surface area is 126 Å². The van der Waals surface area contributed by atoms with Crippen LogP contribution in [0.2, 0.25) is 0 Å². The van der Waals surface area contributed by atoms with Crippen molar-refractivity contribution in [3.8, 4) is 0 Å². The third-order valence-corrected chi connectivity index (χ3v) is 4.66. The number of hydrogen-bond donors (Lipinski definition) is 2. The van der Waals surface area contributed by atoms with Crippen LogP contribution in [-0.2, 0) is 9.30 Å². The van der Waals surface area contributed by atoms with E-state index < -0.39 is 13.6 Å². The number of benzene rings is 3. The third-order valence-electron chi connectivity index (χ3n) is 3.59. The van der Waals surface area contributed by atoms with Gasteiger partial charge in [-0.3, -0.25) is 4.57 Å². The molecule has 3 rings (SSSR count). The topological polar surface area (TPSA) is 83.8 Å². The van der Waals surface area contributed by atoms with Crippen molar-refractivity contribution in [1.82, 2.24) is 0 Å². The maximum Gasteiger partial charge on any atom is 0.357 e. The van der Waals surface area contributed by atoms with E-state index in [4.69, 9.17) is 0 Å². The lowest BCUT2D eigenvalue weighted by Crippen LogP contribution is -2.18. The van der Waals surface area contributed by atoms with Gasteiger partial charge in [0.25, 0.3) is 0 Å². The number of fused-ring (bicyclic) bond motifs is 3. The first-order chi connectivity index (χ1) is 10.4. The van der Waals surface area contributed by atoms with Crippen LogP contribution < -0.4 is 5.30 Å². The van der Waals surface area contributed by atoms with Crippen molar-refractivity contribution in [3.05, 3.63) is 54.1 Å². The number of carbonyl (C=O) groups excluding carboxylic acids is 1. The molecule has 0 atom stereocenters. The lowest BCUT2D eigenvalue weighted by Gasteiger charge is -2.14. The summed E-state index contributed by atoms with van der Waals surface area (Å²) in [4.78, 5) is 31.2. The van der Waals surface area contributed by atoms with Crippen LogP contribution in [0, 0.1) is 0 Å². The Morgan fingerprint density at radius 1 is 0.955 bits per heavy atom. The Hall–Kier alpha value is -2.20. The lowest BCUT2D eigenvalue weighted by atomic mass is 10.00. The van der Waals surface area contributed by atoms with Gasteiger partial charge in [-0.05, 0) is 27.6 Å². The molecule has 0 bridgehead atoms. The van der Waals surface area contributed by atoms with Gasteiger partial charge in [0.05, 0.1) is 18.0 Å². The summed E-state index contributed by atoms with van der Waals surface area (Å²) < 4.78 is 16.5. The SMILES string of the molecule is COC(=O)c1ccc2c(ccc3ccccc32)c1P(=O)(O)O. The summed E-state index contributed by atoms with van der Waals surface area (Å²) in [6.07, 6.45) is 0. The molecule has 0 heterocycles. The number of methoxy groups -OCH3 is 1. The van der Waals surface area contributed by atoms with E-state index in [2.05, 4.69) is 4.74 Å². The van der Waals surface area contributed by atoms with Crippen LogP contribution in [0.25, 0.3) is 21.5 Å². The Kier molecular flexibility index (Phi) is 3.49. The average Bonchev–Trinajstić information content (AvgIpc) is 2.51. The first-order valence-corrected chi connectivity index (χ1v) is 8.13. The van der Waals surface area contributed by atoms with Gasteiger partial charge in [0.2, 0.25) is 0 Å². The van der Waals surface area contributed by atoms with E-state index in [9.17, 15) is 19.1 Å². The first kappa shape index (κ1) is 14.7. The van der Waals surface area contributed by atoms with Crippen molar-refractivity contribution in [2.24, 2.45) is 0 Å². The highest BCUT2D eigenvalue weighted by molar-refractivity contribution is 7.61. The molecule has 0 saturated heterocycles. The second-order valence-corrected chi connectivity index (χ2v) is 6.41. The second kappa shape index (κ2) is 5.21. The van der Waals surface area contributed by atoms with Crippen LogP contribution in [-0.4, -0.2) is 22.9 Å². The molecule has 3 aromatic carbocycles. The Balaban J connectivity index is 2.50. The summed E-state index contributed by atoms with van der Waals surface area (Å²) >= 11 is 0. The van der Waals surface area contributed by atoms with Gasteiger partial charge in [-0.1, -0.05) is 42.5 Å². The van der Waals surface area contributed by atoms with Crippen LogP contribution >= 0.6 is 7.60 Å². The minimum absolute atomic E-state index is 0.112. The minimum Gasteiger partial charge on any atom is -0.465 e. The number of hydrogen-bond acceptors (Lipinski definition) is 3. The fraction of sp³-hybridized carbons (Fsp3) is 0.0625. The van der Waals surface area contributed by atoms with Crippen LogP contribution in [0.15, 0.2) is 48.5 Å². The highest BCUT2D eigenvalue weighted by atomic mass is 31.2. The van der Waals surface area contributed by atoms with E-state index >= 15 is 0 Å². The summed E-state index contributed by atoms with van der Waals surface area (Å²) in [5.41, 5.74) is -0.112. The number of rotatable bonds is 2. The van der Waals surface area contributed by atoms with Crippen LogP contribution in [0.3, 0.4) is 0 Å². The zero-order valence-corrected chi connectivity index (χ0v) is 12.6. The summed E-state index contributed by atoms with van der Waals surface area (Å²) in [5, 5.41) is 2.57. The zero-order chi connectivity index (χ0) is 15.9. The summed E-state index contributed by atoms with van der Waals surface area (Å²) in [6, 6.07) is 14.0. The van der Waals surface area contributed by atoms with Gasteiger partial charge in [-0.2, -0.15) is 0 Å². The van der Waals surface area contributed by atoms with Crippen molar-refractivity contribution >= 4 is 40.4 Å². The van der Waals surface area contributed by atoms with E-state index in [1.165, 1.54) is 13.2 Å². The molecule has 0 unspecified atom stereocenters. The summed E-state index contributed by atoms with van der Waals surface area (Å²) in [6.45, 7) is 0. The van der Waals surface area contributed by atoms with Gasteiger partial charge >= 0.3 is 13.6 Å². The molecule has 5 nitrogen and oxygen atoms in total. The Bertz CT molecular complexity index is 942. The molecule has 0 aliphatic rings. The van der Waals surface area contributed by atoms with Crippen molar-refractivity contribution in [1.29, 1.82) is 0 Å². The highest BCUT2D eigenvalue weighted by Gasteiger charge is 2.28. The van der Waals surface area contributed by atoms with E-state index in [0.717, 1.165) is 10.8 Å². The quantitative estimate of drug-likeness (QED) is 0.431. The van der Waals surface area contributed by atoms with Crippen LogP contribution in [0.4, 0.5) is 0 Å². The van der Waals surface area contributed by atoms with E-state index in [1.54, 1.807) is 18.2 Å². The zero-order valence-electron chi connectivity index (χ0n) is 11.7. The van der Waals surface area contributed by atoms with E-state index in [1.807, 2.05) is 24.3 Å². The Morgan fingerprint density at radius 3 is 2.32 bits per heavy atom. The van der Waals surface area contributed by atoms with Crippen molar-refractivity contribution in [3.63, 3.8) is 0 Å². The average molecular weight is 316 g/mol. The molecule has 0 saturated carbocycles. The van der Waals surface area contributed by atoms with Gasteiger partial charge in [0.15, 0.2) is 0 Å². The molecular weight excluding hydrogens is 303 g/mol. The largest absolute Gasteiger partial charge is 0.465 e. The van der Waals surface area contributed by atoms with Crippen LogP contribution in [0.5, 0.6) is 0 Å². The lowest BCUT2D eigenvalue weighted by molar-refractivity contribution is 0.0602. The molecule has 0 aromatic heterocycles. The molecule has 6 heteroatoms. The standard InChI is InChI=1S/C16H13O5P/c1-21-16(17)14-9-8-12-11-5-3-2-4-10(11)6-7-13(12)15(14)22(18,19)20/h2-9H,1H3,(H2,18,19,20). The van der Waals surface area contributed by atoms with Crippen molar-refractivity contribution in [2.45, 2.75) is 0 Å². The summed E-state index contributed by atoms with van der Waals surface area (Å²) in [5.74, 6) is -0.770. The molecule has 112 valence electrons. The highest BCUT2D eigenvalue weighted by Crippen LogP contribution is 2.39. The molecular formula is C16H13O5P. The van der Waals surface area contributed by atoms with Crippen molar-refractivity contribution < 1.29 is 23.9 Å². The van der Waals surface area contributed by atoms with Gasteiger partial charge < -0.3 is 14.5 Å². The monoisotopic (exact) mass is 316 g/mol. The third kappa shape index (κ3) is 2.29. The molecule has 0 spiro atoms. The van der Waals surface area contributed by atoms with E-state index in [-0.39, 0.29) is 10.9 Å². The molecule has 0 aliphatic heterocycles. The van der Waals surface area contributed by atoms with Gasteiger partial charge in [-0.15, -0.1) is 0 Å². The van der Waals surface area contributed by atoms with Crippen molar-refractivity contribution in [2.75, 3.05) is 7.11 Å². The minimum atomic E-state index is -4.65. The predicted molar refractivity (Wildman–Crippen MR) is 84.5 cm³/mol. The maximum atomic E-state index is 11.9. The molecule has 0 aliphatic carbocycles. The molecule has 22 heavy (non-hydrogen) atoms. The number of carbonyl (C=O) groups is 1. The fourth-order valence-electron chi connectivity index (χ4n) is 2.66. The van der Waals surface area contributed by atoms with Gasteiger partial charge in [-0.25, -0.2) is 4.79 Å². The predicted octanol–water partition coefficient (Wildman–Crippen LogP) is 2.58. The first-order valence-electron chi connectivity index (χ1n) is 6.52. The smallest absolute Gasteiger partial charge is 0.357 e. The second-order valence-electron chi connectivity index (χ2n) is 4.88. The maximum absolute atomic E-state index is 11.9. The summed E-state index contributed by atoms with van der Waals surface area (Å²) in [7, 11) is -3.47.